The van der Waals surface area contributed by atoms with Gasteiger partial charge in [-0.25, -0.2) is 0 Å². The third-order valence-electron chi connectivity index (χ3n) is 2.63. The van der Waals surface area contributed by atoms with Crippen molar-refractivity contribution in [3.05, 3.63) is 40.9 Å². The van der Waals surface area contributed by atoms with Crippen molar-refractivity contribution in [2.75, 3.05) is 6.61 Å². The molecule has 1 rings (SSSR count). The topological polar surface area (TPSA) is 49.3 Å². The summed E-state index contributed by atoms with van der Waals surface area (Å²) in [7, 11) is 0. The monoisotopic (exact) mass is 267 g/mol. The van der Waals surface area contributed by atoms with E-state index in [1.165, 1.54) is 6.08 Å². The summed E-state index contributed by atoms with van der Waals surface area (Å²) in [6.07, 6.45) is 3.16. The fourth-order valence-corrected chi connectivity index (χ4v) is 1.53. The van der Waals surface area contributed by atoms with Crippen molar-refractivity contribution in [2.45, 2.75) is 19.9 Å². The molecule has 0 aliphatic rings. The third kappa shape index (κ3) is 4.90. The molecule has 3 nitrogen and oxygen atoms in total. The van der Waals surface area contributed by atoms with E-state index < -0.39 is 0 Å². The van der Waals surface area contributed by atoms with E-state index in [-0.39, 0.29) is 24.5 Å². The lowest BCUT2D eigenvalue weighted by Gasteiger charge is -2.18. The van der Waals surface area contributed by atoms with Crippen molar-refractivity contribution in [2.24, 2.45) is 5.92 Å². The largest absolute Gasteiger partial charge is 0.394 e. The first-order valence-corrected chi connectivity index (χ1v) is 6.25. The number of rotatable bonds is 5. The number of nitrogens with one attached hydrogen (secondary N) is 1. The van der Waals surface area contributed by atoms with Crippen LogP contribution in [-0.4, -0.2) is 23.7 Å². The second kappa shape index (κ2) is 7.19. The highest BCUT2D eigenvalue weighted by Gasteiger charge is 2.12. The van der Waals surface area contributed by atoms with Crippen molar-refractivity contribution in [1.29, 1.82) is 0 Å². The van der Waals surface area contributed by atoms with E-state index in [0.29, 0.717) is 5.02 Å². The summed E-state index contributed by atoms with van der Waals surface area (Å²) in [5.41, 5.74) is 0.902. The molecule has 0 bridgehead atoms. The highest BCUT2D eigenvalue weighted by Crippen LogP contribution is 2.10. The predicted molar refractivity (Wildman–Crippen MR) is 74.3 cm³/mol. The molecular weight excluding hydrogens is 250 g/mol. The molecule has 0 aliphatic carbocycles. The summed E-state index contributed by atoms with van der Waals surface area (Å²) in [6.45, 7) is 3.84. The molecule has 4 heteroatoms. The van der Waals surface area contributed by atoms with Crippen LogP contribution in [0.4, 0.5) is 0 Å². The Balaban J connectivity index is 2.56. The van der Waals surface area contributed by atoms with Crippen LogP contribution in [0.2, 0.25) is 5.02 Å². The molecule has 1 unspecified atom stereocenters. The zero-order chi connectivity index (χ0) is 13.5. The van der Waals surface area contributed by atoms with Crippen LogP contribution in [0.1, 0.15) is 19.4 Å². The van der Waals surface area contributed by atoms with Crippen LogP contribution in [-0.2, 0) is 4.79 Å². The van der Waals surface area contributed by atoms with Crippen LogP contribution in [0.3, 0.4) is 0 Å². The minimum absolute atomic E-state index is 0.0573. The van der Waals surface area contributed by atoms with E-state index in [1.54, 1.807) is 18.2 Å². The van der Waals surface area contributed by atoms with Crippen LogP contribution in [0.25, 0.3) is 6.08 Å². The van der Waals surface area contributed by atoms with Crippen molar-refractivity contribution < 1.29 is 9.90 Å². The van der Waals surface area contributed by atoms with E-state index in [2.05, 4.69) is 5.32 Å². The second-order valence-corrected chi connectivity index (χ2v) is 4.86. The maximum absolute atomic E-state index is 11.6. The first kappa shape index (κ1) is 14.7. The first-order valence-electron chi connectivity index (χ1n) is 5.88. The standard InChI is InChI=1S/C14H18ClNO2/c1-10(2)13(9-17)16-14(18)8-5-11-3-6-12(15)7-4-11/h3-8,10,13,17H,9H2,1-2H3,(H,16,18)/b8-5+. The molecule has 1 amide bonds. The smallest absolute Gasteiger partial charge is 0.244 e. The quantitative estimate of drug-likeness (QED) is 0.806. The predicted octanol–water partition coefficient (Wildman–Crippen LogP) is 2.49. The van der Waals surface area contributed by atoms with Gasteiger partial charge in [0.15, 0.2) is 0 Å². The molecule has 0 aromatic heterocycles. The van der Waals surface area contributed by atoms with Crippen molar-refractivity contribution in [3.63, 3.8) is 0 Å². The van der Waals surface area contributed by atoms with Gasteiger partial charge in [0, 0.05) is 11.1 Å². The highest BCUT2D eigenvalue weighted by molar-refractivity contribution is 6.30. The summed E-state index contributed by atoms with van der Waals surface area (Å²) >= 11 is 5.77. The summed E-state index contributed by atoms with van der Waals surface area (Å²) in [5, 5.41) is 12.5. The van der Waals surface area contributed by atoms with E-state index in [0.717, 1.165) is 5.56 Å². The summed E-state index contributed by atoms with van der Waals surface area (Å²) in [5.74, 6) is -0.0134. The maximum atomic E-state index is 11.6. The maximum Gasteiger partial charge on any atom is 0.244 e. The van der Waals surface area contributed by atoms with E-state index in [1.807, 2.05) is 26.0 Å². The molecule has 0 fully saturated rings. The van der Waals surface area contributed by atoms with Crippen LogP contribution in [0.5, 0.6) is 0 Å². The van der Waals surface area contributed by atoms with Crippen LogP contribution in [0.15, 0.2) is 30.3 Å². The molecule has 98 valence electrons. The molecule has 0 saturated heterocycles. The van der Waals surface area contributed by atoms with Gasteiger partial charge < -0.3 is 10.4 Å². The number of benzene rings is 1. The van der Waals surface area contributed by atoms with Gasteiger partial charge >= 0.3 is 0 Å². The number of carbonyl (C=O) groups excluding carboxylic acids is 1. The van der Waals surface area contributed by atoms with Gasteiger partial charge in [-0.1, -0.05) is 37.6 Å². The molecule has 2 N–H and O–H groups in total. The number of hydrogen-bond donors (Lipinski definition) is 2. The SMILES string of the molecule is CC(C)C(CO)NC(=O)/C=C/c1ccc(Cl)cc1. The fraction of sp³-hybridized carbons (Fsp3) is 0.357. The lowest BCUT2D eigenvalue weighted by molar-refractivity contribution is -0.117. The van der Waals surface area contributed by atoms with Gasteiger partial charge in [-0.2, -0.15) is 0 Å². The molecule has 0 saturated carbocycles. The second-order valence-electron chi connectivity index (χ2n) is 4.43. The van der Waals surface area contributed by atoms with Gasteiger partial charge in [0.1, 0.15) is 0 Å². The normalized spacial score (nSPS) is 12.9. The Hall–Kier alpha value is -1.32. The van der Waals surface area contributed by atoms with Gasteiger partial charge in [0.2, 0.25) is 5.91 Å². The Morgan fingerprint density at radius 1 is 1.39 bits per heavy atom. The average Bonchev–Trinajstić information content (AvgIpc) is 2.35. The summed E-state index contributed by atoms with van der Waals surface area (Å²) in [4.78, 5) is 11.6. The molecule has 0 aliphatic heterocycles. The van der Waals surface area contributed by atoms with Crippen molar-refractivity contribution in [1.82, 2.24) is 5.32 Å². The van der Waals surface area contributed by atoms with E-state index in [4.69, 9.17) is 16.7 Å². The molecule has 0 spiro atoms. The van der Waals surface area contributed by atoms with Gasteiger partial charge in [-0.3, -0.25) is 4.79 Å². The van der Waals surface area contributed by atoms with Crippen LogP contribution in [0, 0.1) is 5.92 Å². The Bertz CT molecular complexity index is 412. The number of amides is 1. The van der Waals surface area contributed by atoms with Gasteiger partial charge in [-0.05, 0) is 29.7 Å². The van der Waals surface area contributed by atoms with Crippen LogP contribution < -0.4 is 5.32 Å². The highest BCUT2D eigenvalue weighted by atomic mass is 35.5. The molecule has 0 heterocycles. The zero-order valence-corrected chi connectivity index (χ0v) is 11.3. The first-order chi connectivity index (χ1) is 8.52. The molecule has 1 atom stereocenters. The summed E-state index contributed by atoms with van der Waals surface area (Å²) < 4.78 is 0. The number of halogens is 1. The van der Waals surface area contributed by atoms with Crippen molar-refractivity contribution in [3.8, 4) is 0 Å². The lowest BCUT2D eigenvalue weighted by atomic mass is 10.1. The lowest BCUT2D eigenvalue weighted by Crippen LogP contribution is -2.40. The molecule has 1 aromatic carbocycles. The summed E-state index contributed by atoms with van der Waals surface area (Å²) in [6, 6.07) is 6.98. The van der Waals surface area contributed by atoms with E-state index in [9.17, 15) is 4.79 Å². The molecule has 1 aromatic rings. The minimum Gasteiger partial charge on any atom is -0.394 e. The Kier molecular flexibility index (Phi) is 5.89. The zero-order valence-electron chi connectivity index (χ0n) is 10.6. The van der Waals surface area contributed by atoms with Gasteiger partial charge in [0.25, 0.3) is 0 Å². The third-order valence-corrected chi connectivity index (χ3v) is 2.88. The molecule has 0 radical (unpaired) electrons. The Morgan fingerprint density at radius 3 is 2.50 bits per heavy atom. The Morgan fingerprint density at radius 2 is 2.00 bits per heavy atom. The Labute approximate surface area is 112 Å². The van der Waals surface area contributed by atoms with Gasteiger partial charge in [0.05, 0.1) is 12.6 Å². The number of aliphatic hydroxyl groups excluding tert-OH is 1. The molecule has 18 heavy (non-hydrogen) atoms. The van der Waals surface area contributed by atoms with Gasteiger partial charge in [-0.15, -0.1) is 0 Å². The van der Waals surface area contributed by atoms with E-state index >= 15 is 0 Å². The van der Waals surface area contributed by atoms with Crippen LogP contribution >= 0.6 is 11.6 Å². The number of carbonyl (C=O) groups is 1. The fourth-order valence-electron chi connectivity index (χ4n) is 1.40. The molecular formula is C14H18ClNO2. The number of aliphatic hydroxyl groups is 1. The minimum atomic E-state index is -0.215. The average molecular weight is 268 g/mol. The van der Waals surface area contributed by atoms with Crippen molar-refractivity contribution >= 4 is 23.6 Å². The number of hydrogen-bond acceptors (Lipinski definition) is 2.